The highest BCUT2D eigenvalue weighted by Crippen LogP contribution is 2.29. The van der Waals surface area contributed by atoms with Gasteiger partial charge in [-0.3, -0.25) is 4.79 Å². The topological polar surface area (TPSA) is 58.4 Å². The molecular formula is C11H23N3O. The molecule has 0 aliphatic heterocycles. The van der Waals surface area contributed by atoms with E-state index in [1.807, 2.05) is 21.0 Å². The molecule has 0 bridgehead atoms. The standard InChI is InChI=1S/C11H23N3O/c1-9(5-8-14(2)3)13-10(15)11(12)6-4-7-11/h9H,4-8,12H2,1-3H3,(H,13,15). The van der Waals surface area contributed by atoms with Crippen LogP contribution in [0.5, 0.6) is 0 Å². The zero-order valence-electron chi connectivity index (χ0n) is 10.0. The van der Waals surface area contributed by atoms with Gasteiger partial charge in [-0.25, -0.2) is 0 Å². The lowest BCUT2D eigenvalue weighted by atomic mass is 9.77. The van der Waals surface area contributed by atoms with E-state index in [1.165, 1.54) is 0 Å². The van der Waals surface area contributed by atoms with Crippen molar-refractivity contribution >= 4 is 5.91 Å². The van der Waals surface area contributed by atoms with Crippen LogP contribution in [0.15, 0.2) is 0 Å². The summed E-state index contributed by atoms with van der Waals surface area (Å²) in [5.74, 6) is 0.0278. The fraction of sp³-hybridized carbons (Fsp3) is 0.909. The largest absolute Gasteiger partial charge is 0.352 e. The molecule has 1 saturated carbocycles. The second-order valence-corrected chi connectivity index (χ2v) is 4.98. The first-order chi connectivity index (χ1) is 6.94. The number of carbonyl (C=O) groups excluding carboxylic acids is 1. The number of amides is 1. The van der Waals surface area contributed by atoms with Gasteiger partial charge in [0, 0.05) is 6.04 Å². The SMILES string of the molecule is CC(CCN(C)C)NC(=O)C1(N)CCC1. The fourth-order valence-corrected chi connectivity index (χ4v) is 1.68. The maximum Gasteiger partial charge on any atom is 0.240 e. The molecular weight excluding hydrogens is 190 g/mol. The second kappa shape index (κ2) is 4.94. The third-order valence-corrected chi connectivity index (χ3v) is 3.08. The molecule has 0 radical (unpaired) electrons. The van der Waals surface area contributed by atoms with Crippen molar-refractivity contribution in [2.75, 3.05) is 20.6 Å². The van der Waals surface area contributed by atoms with Crippen LogP contribution in [0.1, 0.15) is 32.6 Å². The van der Waals surface area contributed by atoms with E-state index < -0.39 is 5.54 Å². The Morgan fingerprint density at radius 3 is 2.53 bits per heavy atom. The number of carbonyl (C=O) groups is 1. The lowest BCUT2D eigenvalue weighted by molar-refractivity contribution is -0.129. The average Bonchev–Trinajstić information content (AvgIpc) is 2.10. The van der Waals surface area contributed by atoms with Gasteiger partial charge in [0.1, 0.15) is 0 Å². The molecule has 4 heteroatoms. The van der Waals surface area contributed by atoms with E-state index in [0.717, 1.165) is 32.2 Å². The Balaban J connectivity index is 2.25. The first-order valence-electron chi connectivity index (χ1n) is 5.68. The van der Waals surface area contributed by atoms with Crippen LogP contribution in [0.4, 0.5) is 0 Å². The maximum absolute atomic E-state index is 11.8. The highest BCUT2D eigenvalue weighted by molar-refractivity contribution is 5.87. The number of hydrogen-bond acceptors (Lipinski definition) is 3. The summed E-state index contributed by atoms with van der Waals surface area (Å²) in [6, 6.07) is 0.209. The van der Waals surface area contributed by atoms with Crippen molar-refractivity contribution in [1.82, 2.24) is 10.2 Å². The molecule has 15 heavy (non-hydrogen) atoms. The summed E-state index contributed by atoms with van der Waals surface area (Å²) in [6.07, 6.45) is 3.71. The molecule has 88 valence electrons. The fourth-order valence-electron chi connectivity index (χ4n) is 1.68. The van der Waals surface area contributed by atoms with Gasteiger partial charge in [0.2, 0.25) is 5.91 Å². The van der Waals surface area contributed by atoms with Gasteiger partial charge in [0.25, 0.3) is 0 Å². The van der Waals surface area contributed by atoms with Crippen LogP contribution in [0.3, 0.4) is 0 Å². The molecule has 1 fully saturated rings. The summed E-state index contributed by atoms with van der Waals surface area (Å²) < 4.78 is 0. The Labute approximate surface area is 92.2 Å². The zero-order valence-corrected chi connectivity index (χ0v) is 10.0. The number of hydrogen-bond donors (Lipinski definition) is 2. The Hall–Kier alpha value is -0.610. The third-order valence-electron chi connectivity index (χ3n) is 3.08. The molecule has 4 nitrogen and oxygen atoms in total. The van der Waals surface area contributed by atoms with Gasteiger partial charge in [0.05, 0.1) is 5.54 Å². The molecule has 1 atom stereocenters. The molecule has 1 rings (SSSR count). The van der Waals surface area contributed by atoms with E-state index in [2.05, 4.69) is 10.2 Å². The smallest absolute Gasteiger partial charge is 0.240 e. The number of nitrogens with one attached hydrogen (secondary N) is 1. The van der Waals surface area contributed by atoms with Crippen molar-refractivity contribution in [1.29, 1.82) is 0 Å². The molecule has 1 unspecified atom stereocenters. The molecule has 0 aromatic rings. The van der Waals surface area contributed by atoms with Crippen molar-refractivity contribution in [2.45, 2.75) is 44.2 Å². The molecule has 0 saturated heterocycles. The van der Waals surface area contributed by atoms with Crippen molar-refractivity contribution < 1.29 is 4.79 Å². The van der Waals surface area contributed by atoms with E-state index >= 15 is 0 Å². The monoisotopic (exact) mass is 213 g/mol. The quantitative estimate of drug-likeness (QED) is 0.691. The van der Waals surface area contributed by atoms with E-state index in [4.69, 9.17) is 5.73 Å². The first-order valence-corrected chi connectivity index (χ1v) is 5.68. The summed E-state index contributed by atoms with van der Waals surface area (Å²) in [7, 11) is 4.07. The summed E-state index contributed by atoms with van der Waals surface area (Å²) in [4.78, 5) is 13.9. The molecule has 1 amide bonds. The van der Waals surface area contributed by atoms with Crippen molar-refractivity contribution in [3.05, 3.63) is 0 Å². The minimum absolute atomic E-state index is 0.0278. The lowest BCUT2D eigenvalue weighted by Gasteiger charge is -2.37. The maximum atomic E-state index is 11.8. The summed E-state index contributed by atoms with van der Waals surface area (Å²) in [5.41, 5.74) is 5.37. The Kier molecular flexibility index (Phi) is 4.11. The van der Waals surface area contributed by atoms with Crippen LogP contribution in [0.2, 0.25) is 0 Å². The second-order valence-electron chi connectivity index (χ2n) is 4.98. The average molecular weight is 213 g/mol. The Morgan fingerprint density at radius 1 is 1.53 bits per heavy atom. The predicted molar refractivity (Wildman–Crippen MR) is 61.5 cm³/mol. The molecule has 1 aliphatic rings. The van der Waals surface area contributed by atoms with Gasteiger partial charge in [-0.2, -0.15) is 0 Å². The van der Waals surface area contributed by atoms with Crippen LogP contribution in [-0.2, 0) is 4.79 Å². The molecule has 0 aromatic heterocycles. The normalized spacial score (nSPS) is 20.9. The van der Waals surface area contributed by atoms with Crippen LogP contribution in [0.25, 0.3) is 0 Å². The summed E-state index contributed by atoms with van der Waals surface area (Å²) in [5, 5.41) is 2.99. The van der Waals surface area contributed by atoms with Crippen molar-refractivity contribution in [2.24, 2.45) is 5.73 Å². The summed E-state index contributed by atoms with van der Waals surface area (Å²) >= 11 is 0. The third kappa shape index (κ3) is 3.47. The first kappa shape index (κ1) is 12.5. The Morgan fingerprint density at radius 2 is 2.13 bits per heavy atom. The molecule has 0 spiro atoms. The van der Waals surface area contributed by atoms with Crippen molar-refractivity contribution in [3.8, 4) is 0 Å². The zero-order chi connectivity index (χ0) is 11.5. The van der Waals surface area contributed by atoms with Gasteiger partial charge in [-0.1, -0.05) is 0 Å². The molecule has 3 N–H and O–H groups in total. The van der Waals surface area contributed by atoms with E-state index in [0.29, 0.717) is 0 Å². The van der Waals surface area contributed by atoms with Gasteiger partial charge in [-0.15, -0.1) is 0 Å². The lowest BCUT2D eigenvalue weighted by Crippen LogP contribution is -2.60. The van der Waals surface area contributed by atoms with Gasteiger partial charge in [-0.05, 0) is 53.2 Å². The summed E-state index contributed by atoms with van der Waals surface area (Å²) in [6.45, 7) is 3.02. The highest BCUT2D eigenvalue weighted by atomic mass is 16.2. The minimum Gasteiger partial charge on any atom is -0.352 e. The van der Waals surface area contributed by atoms with E-state index in [1.54, 1.807) is 0 Å². The number of nitrogens with two attached hydrogens (primary N) is 1. The highest BCUT2D eigenvalue weighted by Gasteiger charge is 2.40. The van der Waals surface area contributed by atoms with E-state index in [9.17, 15) is 4.79 Å². The Bertz CT molecular complexity index is 224. The molecule has 1 aliphatic carbocycles. The minimum atomic E-state index is -0.563. The van der Waals surface area contributed by atoms with Crippen LogP contribution < -0.4 is 11.1 Å². The van der Waals surface area contributed by atoms with Gasteiger partial charge in [0.15, 0.2) is 0 Å². The van der Waals surface area contributed by atoms with E-state index in [-0.39, 0.29) is 11.9 Å². The van der Waals surface area contributed by atoms with Crippen molar-refractivity contribution in [3.63, 3.8) is 0 Å². The number of rotatable bonds is 5. The molecule has 0 heterocycles. The van der Waals surface area contributed by atoms with Gasteiger partial charge >= 0.3 is 0 Å². The van der Waals surface area contributed by atoms with Crippen LogP contribution >= 0.6 is 0 Å². The predicted octanol–water partition coefficient (Wildman–Crippen LogP) is 0.324. The van der Waals surface area contributed by atoms with Crippen LogP contribution in [0, 0.1) is 0 Å². The van der Waals surface area contributed by atoms with Crippen LogP contribution in [-0.4, -0.2) is 43.0 Å². The molecule has 0 aromatic carbocycles. The van der Waals surface area contributed by atoms with Gasteiger partial charge < -0.3 is 16.0 Å². The number of nitrogens with zero attached hydrogens (tertiary/aromatic N) is 1.